The molecule has 0 amide bonds. The normalized spacial score (nSPS) is 21.5. The summed E-state index contributed by atoms with van der Waals surface area (Å²) in [6.45, 7) is 3.49. The van der Waals surface area contributed by atoms with E-state index in [-0.39, 0.29) is 6.04 Å². The van der Waals surface area contributed by atoms with Gasteiger partial charge < -0.3 is 15.2 Å². The van der Waals surface area contributed by atoms with Gasteiger partial charge in [0, 0.05) is 6.04 Å². The van der Waals surface area contributed by atoms with Crippen LogP contribution in [0.15, 0.2) is 18.2 Å². The van der Waals surface area contributed by atoms with Crippen molar-refractivity contribution in [2.45, 2.75) is 31.9 Å². The smallest absolute Gasteiger partial charge is 0.137 e. The summed E-state index contributed by atoms with van der Waals surface area (Å²) >= 11 is 6.10. The van der Waals surface area contributed by atoms with E-state index < -0.39 is 6.10 Å². The first-order valence-electron chi connectivity index (χ1n) is 6.06. The molecule has 2 atom stereocenters. The molecule has 1 aromatic rings. The van der Waals surface area contributed by atoms with E-state index in [0.29, 0.717) is 17.4 Å². The number of aliphatic hydroxyl groups excluding tert-OH is 1. The first-order chi connectivity index (χ1) is 8.22. The SMILES string of the molecule is CCOc1ccc(C(O)C2CCCN2)cc1Cl. The molecule has 0 spiro atoms. The van der Waals surface area contributed by atoms with Gasteiger partial charge in [-0.3, -0.25) is 0 Å². The van der Waals surface area contributed by atoms with Gasteiger partial charge in [-0.2, -0.15) is 0 Å². The summed E-state index contributed by atoms with van der Waals surface area (Å²) in [4.78, 5) is 0. The zero-order valence-corrected chi connectivity index (χ0v) is 10.7. The monoisotopic (exact) mass is 255 g/mol. The van der Waals surface area contributed by atoms with Gasteiger partial charge in [-0.05, 0) is 44.0 Å². The molecule has 94 valence electrons. The Labute approximate surface area is 107 Å². The van der Waals surface area contributed by atoms with Gasteiger partial charge in [0.2, 0.25) is 0 Å². The van der Waals surface area contributed by atoms with E-state index in [4.69, 9.17) is 16.3 Å². The van der Waals surface area contributed by atoms with Crippen molar-refractivity contribution in [1.82, 2.24) is 5.32 Å². The molecule has 1 aliphatic rings. The van der Waals surface area contributed by atoms with Crippen LogP contribution in [0.25, 0.3) is 0 Å². The summed E-state index contributed by atoms with van der Waals surface area (Å²) in [5, 5.41) is 14.1. The fourth-order valence-electron chi connectivity index (χ4n) is 2.19. The summed E-state index contributed by atoms with van der Waals surface area (Å²) in [7, 11) is 0. The van der Waals surface area contributed by atoms with E-state index in [1.807, 2.05) is 19.1 Å². The maximum absolute atomic E-state index is 10.2. The Morgan fingerprint density at radius 1 is 1.59 bits per heavy atom. The van der Waals surface area contributed by atoms with Gasteiger partial charge in [0.05, 0.1) is 17.7 Å². The highest BCUT2D eigenvalue weighted by Crippen LogP contribution is 2.30. The van der Waals surface area contributed by atoms with Crippen molar-refractivity contribution in [3.8, 4) is 5.75 Å². The Hall–Kier alpha value is -0.770. The molecular weight excluding hydrogens is 238 g/mol. The number of rotatable bonds is 4. The van der Waals surface area contributed by atoms with E-state index in [9.17, 15) is 5.11 Å². The third-order valence-electron chi connectivity index (χ3n) is 3.08. The van der Waals surface area contributed by atoms with Crippen LogP contribution >= 0.6 is 11.6 Å². The number of hydrogen-bond donors (Lipinski definition) is 2. The lowest BCUT2D eigenvalue weighted by Gasteiger charge is -2.19. The summed E-state index contributed by atoms with van der Waals surface area (Å²) in [5.74, 6) is 0.671. The molecule has 3 nitrogen and oxygen atoms in total. The highest BCUT2D eigenvalue weighted by molar-refractivity contribution is 6.32. The minimum atomic E-state index is -0.495. The van der Waals surface area contributed by atoms with Crippen LogP contribution in [0, 0.1) is 0 Å². The molecule has 1 fully saturated rings. The molecule has 2 rings (SSSR count). The molecule has 1 saturated heterocycles. The standard InChI is InChI=1S/C13H18ClNO2/c1-2-17-12-6-5-9(8-10(12)14)13(16)11-4-3-7-15-11/h5-6,8,11,13,15-16H,2-4,7H2,1H3. The van der Waals surface area contributed by atoms with Gasteiger partial charge in [0.1, 0.15) is 5.75 Å². The zero-order chi connectivity index (χ0) is 12.3. The highest BCUT2D eigenvalue weighted by atomic mass is 35.5. The zero-order valence-electron chi connectivity index (χ0n) is 9.95. The molecule has 2 N–H and O–H groups in total. The first-order valence-corrected chi connectivity index (χ1v) is 6.44. The second kappa shape index (κ2) is 5.71. The third-order valence-corrected chi connectivity index (χ3v) is 3.37. The molecule has 0 aromatic heterocycles. The minimum Gasteiger partial charge on any atom is -0.492 e. The lowest BCUT2D eigenvalue weighted by atomic mass is 10.0. The molecule has 0 saturated carbocycles. The fourth-order valence-corrected chi connectivity index (χ4v) is 2.43. The molecule has 1 aromatic carbocycles. The maximum Gasteiger partial charge on any atom is 0.137 e. The van der Waals surface area contributed by atoms with Crippen molar-refractivity contribution in [2.75, 3.05) is 13.2 Å². The summed E-state index contributed by atoms with van der Waals surface area (Å²) in [6.07, 6.45) is 1.63. The van der Waals surface area contributed by atoms with Crippen molar-refractivity contribution in [3.05, 3.63) is 28.8 Å². The topological polar surface area (TPSA) is 41.5 Å². The molecule has 0 aliphatic carbocycles. The molecular formula is C13H18ClNO2. The summed E-state index contributed by atoms with van der Waals surface area (Å²) < 4.78 is 5.37. The maximum atomic E-state index is 10.2. The number of halogens is 1. The van der Waals surface area contributed by atoms with Crippen LogP contribution < -0.4 is 10.1 Å². The molecule has 1 heterocycles. The van der Waals surface area contributed by atoms with E-state index >= 15 is 0 Å². The van der Waals surface area contributed by atoms with E-state index in [0.717, 1.165) is 24.9 Å². The van der Waals surface area contributed by atoms with Gasteiger partial charge in [0.15, 0.2) is 0 Å². The van der Waals surface area contributed by atoms with E-state index in [1.54, 1.807) is 6.07 Å². The number of aliphatic hydroxyl groups is 1. The Morgan fingerprint density at radius 3 is 3.00 bits per heavy atom. The Morgan fingerprint density at radius 2 is 2.41 bits per heavy atom. The van der Waals surface area contributed by atoms with Crippen molar-refractivity contribution in [3.63, 3.8) is 0 Å². The largest absolute Gasteiger partial charge is 0.492 e. The van der Waals surface area contributed by atoms with Crippen LogP contribution in [0.4, 0.5) is 0 Å². The second-order valence-corrected chi connectivity index (χ2v) is 4.68. The quantitative estimate of drug-likeness (QED) is 0.869. The van der Waals surface area contributed by atoms with E-state index in [1.165, 1.54) is 0 Å². The second-order valence-electron chi connectivity index (χ2n) is 4.27. The van der Waals surface area contributed by atoms with Crippen LogP contribution in [0.3, 0.4) is 0 Å². The number of benzene rings is 1. The van der Waals surface area contributed by atoms with E-state index in [2.05, 4.69) is 5.32 Å². The fraction of sp³-hybridized carbons (Fsp3) is 0.538. The Bertz CT molecular complexity index is 378. The van der Waals surface area contributed by atoms with Gasteiger partial charge in [0.25, 0.3) is 0 Å². The molecule has 17 heavy (non-hydrogen) atoms. The number of ether oxygens (including phenoxy) is 1. The predicted molar refractivity (Wildman–Crippen MR) is 68.6 cm³/mol. The number of hydrogen-bond acceptors (Lipinski definition) is 3. The minimum absolute atomic E-state index is 0.143. The molecule has 2 unspecified atom stereocenters. The van der Waals surface area contributed by atoms with Crippen LogP contribution in [0.1, 0.15) is 31.4 Å². The molecule has 4 heteroatoms. The van der Waals surface area contributed by atoms with Crippen molar-refractivity contribution in [1.29, 1.82) is 0 Å². The van der Waals surface area contributed by atoms with Crippen molar-refractivity contribution < 1.29 is 9.84 Å². The molecule has 1 aliphatic heterocycles. The lowest BCUT2D eigenvalue weighted by molar-refractivity contribution is 0.137. The van der Waals surface area contributed by atoms with Crippen LogP contribution in [-0.4, -0.2) is 24.3 Å². The first kappa shape index (κ1) is 12.7. The molecule has 0 radical (unpaired) electrons. The summed E-state index contributed by atoms with van der Waals surface area (Å²) in [5.41, 5.74) is 0.845. The Kier molecular flexibility index (Phi) is 4.26. The van der Waals surface area contributed by atoms with Crippen LogP contribution in [0.2, 0.25) is 5.02 Å². The van der Waals surface area contributed by atoms with Gasteiger partial charge in [-0.1, -0.05) is 17.7 Å². The Balaban J connectivity index is 2.12. The average Bonchev–Trinajstić information content (AvgIpc) is 2.84. The highest BCUT2D eigenvalue weighted by Gasteiger charge is 2.24. The average molecular weight is 256 g/mol. The van der Waals surface area contributed by atoms with Crippen LogP contribution in [0.5, 0.6) is 5.75 Å². The predicted octanol–water partition coefficient (Wildman–Crippen LogP) is 2.52. The van der Waals surface area contributed by atoms with Crippen molar-refractivity contribution in [2.24, 2.45) is 0 Å². The van der Waals surface area contributed by atoms with Crippen LogP contribution in [-0.2, 0) is 0 Å². The number of nitrogens with one attached hydrogen (secondary N) is 1. The third kappa shape index (κ3) is 2.92. The van der Waals surface area contributed by atoms with Gasteiger partial charge in [-0.25, -0.2) is 0 Å². The van der Waals surface area contributed by atoms with Gasteiger partial charge >= 0.3 is 0 Å². The van der Waals surface area contributed by atoms with Gasteiger partial charge in [-0.15, -0.1) is 0 Å². The van der Waals surface area contributed by atoms with Crippen molar-refractivity contribution >= 4 is 11.6 Å². The summed E-state index contributed by atoms with van der Waals surface area (Å²) in [6, 6.07) is 5.63. The lowest BCUT2D eigenvalue weighted by Crippen LogP contribution is -2.28. The molecule has 0 bridgehead atoms.